The Bertz CT molecular complexity index is 426. The fourth-order valence-corrected chi connectivity index (χ4v) is 1.96. The number of hydrogen-bond acceptors (Lipinski definition) is 4. The van der Waals surface area contributed by atoms with Gasteiger partial charge in [0.05, 0.1) is 24.5 Å². The van der Waals surface area contributed by atoms with E-state index in [9.17, 15) is 5.11 Å². The molecule has 1 aliphatic rings. The molecule has 4 nitrogen and oxygen atoms in total. The third-order valence-corrected chi connectivity index (χ3v) is 2.83. The molecule has 1 atom stereocenters. The van der Waals surface area contributed by atoms with Crippen LogP contribution in [-0.4, -0.2) is 31.4 Å². The third-order valence-electron chi connectivity index (χ3n) is 2.83. The van der Waals surface area contributed by atoms with Crippen LogP contribution in [0, 0.1) is 11.3 Å². The van der Waals surface area contributed by atoms with Gasteiger partial charge >= 0.3 is 0 Å². The highest BCUT2D eigenvalue weighted by Gasteiger charge is 2.22. The molecule has 1 aliphatic heterocycles. The van der Waals surface area contributed by atoms with Gasteiger partial charge in [-0.1, -0.05) is 0 Å². The number of nitriles is 1. The number of β-amino-alcohol motifs (C(OH)–C–C–N with tert-alkyl or cyclic N) is 1. The van der Waals surface area contributed by atoms with Crippen molar-refractivity contribution in [1.29, 1.82) is 5.26 Å². The summed E-state index contributed by atoms with van der Waals surface area (Å²) in [6.07, 6.45) is 0.458. The second-order valence-corrected chi connectivity index (χ2v) is 3.88. The Hall–Kier alpha value is -1.73. The van der Waals surface area contributed by atoms with Crippen molar-refractivity contribution in [3.05, 3.63) is 23.8 Å². The number of anilines is 1. The smallest absolute Gasteiger partial charge is 0.121 e. The Morgan fingerprint density at radius 2 is 2.38 bits per heavy atom. The number of hydrogen-bond donors (Lipinski definition) is 1. The SMILES string of the molecule is COc1ccc(C#N)c(N2CCC(O)C2)c1. The van der Waals surface area contributed by atoms with Crippen molar-refractivity contribution in [2.24, 2.45) is 0 Å². The Morgan fingerprint density at radius 3 is 2.94 bits per heavy atom. The third kappa shape index (κ3) is 1.95. The van der Waals surface area contributed by atoms with E-state index in [0.29, 0.717) is 12.1 Å². The first-order chi connectivity index (χ1) is 7.74. The fraction of sp³-hybridized carbons (Fsp3) is 0.417. The number of rotatable bonds is 2. The van der Waals surface area contributed by atoms with Crippen molar-refractivity contribution >= 4 is 5.69 Å². The van der Waals surface area contributed by atoms with Crippen molar-refractivity contribution in [2.75, 3.05) is 25.1 Å². The minimum atomic E-state index is -0.294. The minimum Gasteiger partial charge on any atom is -0.497 e. The summed E-state index contributed by atoms with van der Waals surface area (Å²) in [5.41, 5.74) is 1.47. The van der Waals surface area contributed by atoms with E-state index in [1.165, 1.54) is 0 Å². The first kappa shape index (κ1) is 10.8. The average molecular weight is 218 g/mol. The number of aliphatic hydroxyl groups excluding tert-OH is 1. The molecule has 0 aromatic heterocycles. The van der Waals surface area contributed by atoms with Crippen molar-refractivity contribution < 1.29 is 9.84 Å². The first-order valence-electron chi connectivity index (χ1n) is 5.25. The van der Waals surface area contributed by atoms with Gasteiger partial charge in [0.25, 0.3) is 0 Å². The summed E-state index contributed by atoms with van der Waals surface area (Å²) < 4.78 is 5.14. The summed E-state index contributed by atoms with van der Waals surface area (Å²) >= 11 is 0. The Labute approximate surface area is 94.7 Å². The molecule has 0 aliphatic carbocycles. The molecule has 0 bridgehead atoms. The van der Waals surface area contributed by atoms with Crippen molar-refractivity contribution in [3.63, 3.8) is 0 Å². The Morgan fingerprint density at radius 1 is 1.56 bits per heavy atom. The predicted molar refractivity (Wildman–Crippen MR) is 60.5 cm³/mol. The van der Waals surface area contributed by atoms with E-state index < -0.39 is 0 Å². The second-order valence-electron chi connectivity index (χ2n) is 3.88. The molecule has 1 aromatic rings. The molecule has 0 saturated carbocycles. The van der Waals surface area contributed by atoms with Crippen LogP contribution < -0.4 is 9.64 Å². The lowest BCUT2D eigenvalue weighted by Crippen LogP contribution is -2.22. The van der Waals surface area contributed by atoms with Gasteiger partial charge in [-0.2, -0.15) is 5.26 Å². The Balaban J connectivity index is 2.34. The molecule has 1 heterocycles. The molecular formula is C12H14N2O2. The molecule has 1 saturated heterocycles. The number of aliphatic hydroxyl groups is 1. The average Bonchev–Trinajstić information content (AvgIpc) is 2.75. The molecule has 1 N–H and O–H groups in total. The molecule has 0 amide bonds. The molecule has 1 fully saturated rings. The van der Waals surface area contributed by atoms with E-state index >= 15 is 0 Å². The first-order valence-corrected chi connectivity index (χ1v) is 5.25. The van der Waals surface area contributed by atoms with Crippen LogP contribution in [0.25, 0.3) is 0 Å². The molecular weight excluding hydrogens is 204 g/mol. The van der Waals surface area contributed by atoms with Crippen LogP contribution in [0.3, 0.4) is 0 Å². The summed E-state index contributed by atoms with van der Waals surface area (Å²) in [6, 6.07) is 7.52. The molecule has 16 heavy (non-hydrogen) atoms. The van der Waals surface area contributed by atoms with Crippen LogP contribution in [0.15, 0.2) is 18.2 Å². The zero-order valence-corrected chi connectivity index (χ0v) is 9.18. The van der Waals surface area contributed by atoms with E-state index in [-0.39, 0.29) is 6.10 Å². The topological polar surface area (TPSA) is 56.5 Å². The van der Waals surface area contributed by atoms with Crippen LogP contribution in [0.4, 0.5) is 5.69 Å². The van der Waals surface area contributed by atoms with Gasteiger partial charge in [-0.25, -0.2) is 0 Å². The molecule has 0 radical (unpaired) electrons. The van der Waals surface area contributed by atoms with Crippen molar-refractivity contribution in [3.8, 4) is 11.8 Å². The van der Waals surface area contributed by atoms with Crippen LogP contribution in [-0.2, 0) is 0 Å². The second kappa shape index (κ2) is 4.42. The lowest BCUT2D eigenvalue weighted by molar-refractivity contribution is 0.198. The standard InChI is InChI=1S/C12H14N2O2/c1-16-11-3-2-9(7-13)12(6-11)14-5-4-10(15)8-14/h2-3,6,10,15H,4-5,8H2,1H3. The normalized spacial score (nSPS) is 19.6. The number of methoxy groups -OCH3 is 1. The summed E-state index contributed by atoms with van der Waals surface area (Å²) in [6.45, 7) is 1.37. The van der Waals surface area contributed by atoms with Crippen LogP contribution in [0.5, 0.6) is 5.75 Å². The molecule has 0 spiro atoms. The summed E-state index contributed by atoms with van der Waals surface area (Å²) in [7, 11) is 1.60. The number of ether oxygens (including phenoxy) is 1. The van der Waals surface area contributed by atoms with E-state index in [1.54, 1.807) is 19.2 Å². The zero-order chi connectivity index (χ0) is 11.5. The molecule has 84 valence electrons. The van der Waals surface area contributed by atoms with E-state index in [2.05, 4.69) is 6.07 Å². The predicted octanol–water partition coefficient (Wildman–Crippen LogP) is 1.14. The van der Waals surface area contributed by atoms with Gasteiger partial charge in [0.15, 0.2) is 0 Å². The maximum Gasteiger partial charge on any atom is 0.121 e. The van der Waals surface area contributed by atoms with Gasteiger partial charge in [-0.05, 0) is 18.6 Å². The molecule has 1 unspecified atom stereocenters. The number of benzene rings is 1. The van der Waals surface area contributed by atoms with Crippen molar-refractivity contribution in [1.82, 2.24) is 0 Å². The van der Waals surface area contributed by atoms with Crippen LogP contribution in [0.2, 0.25) is 0 Å². The van der Waals surface area contributed by atoms with Crippen LogP contribution >= 0.6 is 0 Å². The van der Waals surface area contributed by atoms with E-state index in [4.69, 9.17) is 10.00 Å². The van der Waals surface area contributed by atoms with Gasteiger partial charge in [0.2, 0.25) is 0 Å². The van der Waals surface area contributed by atoms with Gasteiger partial charge in [-0.15, -0.1) is 0 Å². The lowest BCUT2D eigenvalue weighted by atomic mass is 10.1. The highest BCUT2D eigenvalue weighted by Crippen LogP contribution is 2.28. The van der Waals surface area contributed by atoms with Gasteiger partial charge in [0, 0.05) is 19.2 Å². The Kier molecular flexibility index (Phi) is 2.97. The molecule has 2 rings (SSSR count). The summed E-state index contributed by atoms with van der Waals surface area (Å²) in [4.78, 5) is 2.02. The highest BCUT2D eigenvalue weighted by molar-refractivity contribution is 5.62. The van der Waals surface area contributed by atoms with Gasteiger partial charge in [0.1, 0.15) is 11.8 Å². The summed E-state index contributed by atoms with van der Waals surface area (Å²) in [5.74, 6) is 0.732. The fourth-order valence-electron chi connectivity index (χ4n) is 1.96. The minimum absolute atomic E-state index is 0.294. The number of nitrogens with zero attached hydrogens (tertiary/aromatic N) is 2. The zero-order valence-electron chi connectivity index (χ0n) is 9.18. The van der Waals surface area contributed by atoms with E-state index in [1.807, 2.05) is 11.0 Å². The molecule has 1 aromatic carbocycles. The molecule has 4 heteroatoms. The maximum absolute atomic E-state index is 9.50. The van der Waals surface area contributed by atoms with E-state index in [0.717, 1.165) is 24.4 Å². The monoisotopic (exact) mass is 218 g/mol. The largest absolute Gasteiger partial charge is 0.497 e. The van der Waals surface area contributed by atoms with Crippen LogP contribution in [0.1, 0.15) is 12.0 Å². The highest BCUT2D eigenvalue weighted by atomic mass is 16.5. The quantitative estimate of drug-likeness (QED) is 0.808. The van der Waals surface area contributed by atoms with Gasteiger partial charge in [-0.3, -0.25) is 0 Å². The summed E-state index contributed by atoms with van der Waals surface area (Å²) in [5, 5.41) is 18.5. The van der Waals surface area contributed by atoms with Gasteiger partial charge < -0.3 is 14.7 Å². The maximum atomic E-state index is 9.50. The lowest BCUT2D eigenvalue weighted by Gasteiger charge is -2.19. The van der Waals surface area contributed by atoms with Crippen molar-refractivity contribution in [2.45, 2.75) is 12.5 Å².